The fourth-order valence-electron chi connectivity index (χ4n) is 3.52. The molecular formula is C10H14O3. The van der Waals surface area contributed by atoms with E-state index >= 15 is 0 Å². The number of aliphatic hydroxyl groups excluding tert-OH is 3. The SMILES string of the molecule is OC1[C@H](O)[C@@H]2[C@@H]([C@@H]3C=C[C@H]2C3)[C@H]1O. The molecule has 2 fully saturated rings. The summed E-state index contributed by atoms with van der Waals surface area (Å²) in [4.78, 5) is 0. The van der Waals surface area contributed by atoms with Gasteiger partial charge >= 0.3 is 0 Å². The lowest BCUT2D eigenvalue weighted by Crippen LogP contribution is -2.32. The smallest absolute Gasteiger partial charge is 0.106 e. The summed E-state index contributed by atoms with van der Waals surface area (Å²) in [6, 6.07) is 0. The van der Waals surface area contributed by atoms with E-state index in [-0.39, 0.29) is 11.8 Å². The van der Waals surface area contributed by atoms with Gasteiger partial charge in [0.2, 0.25) is 0 Å². The highest BCUT2D eigenvalue weighted by molar-refractivity contribution is 5.20. The monoisotopic (exact) mass is 182 g/mol. The zero-order valence-electron chi connectivity index (χ0n) is 7.24. The van der Waals surface area contributed by atoms with Crippen molar-refractivity contribution in [1.82, 2.24) is 0 Å². The van der Waals surface area contributed by atoms with E-state index in [0.29, 0.717) is 11.8 Å². The molecule has 3 aliphatic rings. The molecule has 3 heteroatoms. The van der Waals surface area contributed by atoms with Crippen LogP contribution in [-0.2, 0) is 0 Å². The van der Waals surface area contributed by atoms with Gasteiger partial charge in [-0.3, -0.25) is 0 Å². The highest BCUT2D eigenvalue weighted by Gasteiger charge is 2.59. The molecular weight excluding hydrogens is 168 g/mol. The Labute approximate surface area is 76.7 Å². The number of fused-ring (bicyclic) bond motifs is 5. The Morgan fingerprint density at radius 3 is 1.69 bits per heavy atom. The van der Waals surface area contributed by atoms with Crippen LogP contribution in [0.4, 0.5) is 0 Å². The van der Waals surface area contributed by atoms with Gasteiger partial charge in [-0.1, -0.05) is 12.2 Å². The molecule has 3 aliphatic carbocycles. The lowest BCUT2D eigenvalue weighted by molar-refractivity contribution is -0.0359. The van der Waals surface area contributed by atoms with Crippen LogP contribution in [0.15, 0.2) is 12.2 Å². The summed E-state index contributed by atoms with van der Waals surface area (Å²) in [6.45, 7) is 0. The minimum Gasteiger partial charge on any atom is -0.390 e. The molecule has 0 saturated heterocycles. The third kappa shape index (κ3) is 0.802. The summed E-state index contributed by atoms with van der Waals surface area (Å²) >= 11 is 0. The first-order valence-electron chi connectivity index (χ1n) is 4.92. The Balaban J connectivity index is 1.98. The highest BCUT2D eigenvalue weighted by Crippen LogP contribution is 2.55. The molecule has 0 amide bonds. The molecule has 3 rings (SSSR count). The molecule has 0 aromatic carbocycles. The maximum atomic E-state index is 9.72. The molecule has 3 N–H and O–H groups in total. The standard InChI is InChI=1S/C10H14O3/c11-8-6-4-1-2-5(3-4)7(6)9(12)10(8)13/h1-2,4-13H,3H2/t4-,5+,6-,7+,8-,9-,10?/m1/s1. The van der Waals surface area contributed by atoms with Crippen LogP contribution in [0.3, 0.4) is 0 Å². The van der Waals surface area contributed by atoms with Gasteiger partial charge in [0.1, 0.15) is 6.10 Å². The predicted octanol–water partition coefficient (Wildman–Crippen LogP) is -0.479. The summed E-state index contributed by atoms with van der Waals surface area (Å²) in [7, 11) is 0. The average Bonchev–Trinajstić information content (AvgIpc) is 2.76. The van der Waals surface area contributed by atoms with Gasteiger partial charge in [0.25, 0.3) is 0 Å². The molecule has 0 aliphatic heterocycles. The molecule has 2 bridgehead atoms. The van der Waals surface area contributed by atoms with E-state index in [1.165, 1.54) is 0 Å². The second-order valence-electron chi connectivity index (χ2n) is 4.57. The predicted molar refractivity (Wildman–Crippen MR) is 45.7 cm³/mol. The Kier molecular flexibility index (Phi) is 1.44. The number of hydrogen-bond acceptors (Lipinski definition) is 3. The van der Waals surface area contributed by atoms with E-state index in [0.717, 1.165) is 6.42 Å². The van der Waals surface area contributed by atoms with Gasteiger partial charge in [0, 0.05) is 0 Å². The second-order valence-corrected chi connectivity index (χ2v) is 4.57. The lowest BCUT2D eigenvalue weighted by atomic mass is 9.84. The zero-order valence-corrected chi connectivity index (χ0v) is 7.24. The zero-order chi connectivity index (χ0) is 9.16. The molecule has 0 aromatic rings. The normalized spacial score (nSPS) is 63.2. The Bertz CT molecular complexity index is 239. The third-order valence-corrected chi connectivity index (χ3v) is 4.07. The average molecular weight is 182 g/mol. The van der Waals surface area contributed by atoms with Crippen molar-refractivity contribution in [2.45, 2.75) is 24.7 Å². The van der Waals surface area contributed by atoms with Gasteiger partial charge in [-0.05, 0) is 30.1 Å². The first-order chi connectivity index (χ1) is 6.20. The van der Waals surface area contributed by atoms with Gasteiger partial charge < -0.3 is 15.3 Å². The Hall–Kier alpha value is -0.380. The van der Waals surface area contributed by atoms with Crippen molar-refractivity contribution in [3.8, 4) is 0 Å². The third-order valence-electron chi connectivity index (χ3n) is 4.07. The molecule has 3 nitrogen and oxygen atoms in total. The van der Waals surface area contributed by atoms with E-state index < -0.39 is 18.3 Å². The van der Waals surface area contributed by atoms with Crippen molar-refractivity contribution in [2.75, 3.05) is 0 Å². The largest absolute Gasteiger partial charge is 0.390 e. The van der Waals surface area contributed by atoms with Crippen molar-refractivity contribution in [1.29, 1.82) is 0 Å². The van der Waals surface area contributed by atoms with Gasteiger partial charge in [-0.2, -0.15) is 0 Å². The first kappa shape index (κ1) is 7.97. The second kappa shape index (κ2) is 2.35. The van der Waals surface area contributed by atoms with Crippen molar-refractivity contribution >= 4 is 0 Å². The summed E-state index contributed by atoms with van der Waals surface area (Å²) in [5.74, 6) is 0.966. The minimum atomic E-state index is -0.930. The van der Waals surface area contributed by atoms with Gasteiger partial charge in [-0.15, -0.1) is 0 Å². The van der Waals surface area contributed by atoms with E-state index in [1.807, 2.05) is 0 Å². The molecule has 0 heterocycles. The van der Waals surface area contributed by atoms with E-state index in [9.17, 15) is 15.3 Å². The lowest BCUT2D eigenvalue weighted by Gasteiger charge is -2.23. The number of hydrogen-bond donors (Lipinski definition) is 3. The summed E-state index contributed by atoms with van der Waals surface area (Å²) in [6.07, 6.45) is 2.93. The van der Waals surface area contributed by atoms with Crippen molar-refractivity contribution < 1.29 is 15.3 Å². The summed E-state index contributed by atoms with van der Waals surface area (Å²) in [5, 5.41) is 28.9. The van der Waals surface area contributed by atoms with E-state index in [2.05, 4.69) is 12.2 Å². The molecule has 0 radical (unpaired) electrons. The molecule has 72 valence electrons. The van der Waals surface area contributed by atoms with Crippen molar-refractivity contribution in [2.24, 2.45) is 23.7 Å². The molecule has 0 aromatic heterocycles. The van der Waals surface area contributed by atoms with Crippen LogP contribution >= 0.6 is 0 Å². The van der Waals surface area contributed by atoms with Crippen LogP contribution in [0.25, 0.3) is 0 Å². The Morgan fingerprint density at radius 2 is 1.23 bits per heavy atom. The van der Waals surface area contributed by atoms with Crippen LogP contribution in [0.5, 0.6) is 0 Å². The molecule has 13 heavy (non-hydrogen) atoms. The van der Waals surface area contributed by atoms with Crippen molar-refractivity contribution in [3.05, 3.63) is 12.2 Å². The number of rotatable bonds is 0. The van der Waals surface area contributed by atoms with Crippen molar-refractivity contribution in [3.63, 3.8) is 0 Å². The minimum absolute atomic E-state index is 0.0972. The summed E-state index contributed by atoms with van der Waals surface area (Å²) in [5.41, 5.74) is 0. The van der Waals surface area contributed by atoms with E-state index in [4.69, 9.17) is 0 Å². The van der Waals surface area contributed by atoms with Crippen LogP contribution in [0.2, 0.25) is 0 Å². The van der Waals surface area contributed by atoms with Crippen LogP contribution in [0, 0.1) is 23.7 Å². The highest BCUT2D eigenvalue weighted by atomic mass is 16.4. The van der Waals surface area contributed by atoms with Gasteiger partial charge in [-0.25, -0.2) is 0 Å². The van der Waals surface area contributed by atoms with E-state index in [1.54, 1.807) is 0 Å². The maximum absolute atomic E-state index is 9.72. The quantitative estimate of drug-likeness (QED) is 0.443. The maximum Gasteiger partial charge on any atom is 0.106 e. The topological polar surface area (TPSA) is 60.7 Å². The molecule has 1 unspecified atom stereocenters. The molecule has 0 spiro atoms. The summed E-state index contributed by atoms with van der Waals surface area (Å²) < 4.78 is 0. The number of aliphatic hydroxyl groups is 3. The van der Waals surface area contributed by atoms with Gasteiger partial charge in [0.15, 0.2) is 0 Å². The van der Waals surface area contributed by atoms with Crippen LogP contribution in [0.1, 0.15) is 6.42 Å². The first-order valence-corrected chi connectivity index (χ1v) is 4.92. The fraction of sp³-hybridized carbons (Fsp3) is 0.800. The van der Waals surface area contributed by atoms with Crippen LogP contribution < -0.4 is 0 Å². The Morgan fingerprint density at radius 1 is 0.769 bits per heavy atom. The molecule has 7 atom stereocenters. The molecule has 2 saturated carbocycles. The van der Waals surface area contributed by atoms with Crippen LogP contribution in [-0.4, -0.2) is 33.6 Å². The number of allylic oxidation sites excluding steroid dienone is 2. The van der Waals surface area contributed by atoms with Gasteiger partial charge in [0.05, 0.1) is 12.2 Å². The fourth-order valence-corrected chi connectivity index (χ4v) is 3.52.